The number of sulfonamides is 1. The fourth-order valence-electron chi connectivity index (χ4n) is 2.71. The molecule has 0 unspecified atom stereocenters. The molecule has 28 heavy (non-hydrogen) atoms. The van der Waals surface area contributed by atoms with Gasteiger partial charge in [0.1, 0.15) is 12.4 Å². The number of nitrogens with one attached hydrogen (secondary N) is 1. The second-order valence-electron chi connectivity index (χ2n) is 6.28. The Bertz CT molecular complexity index is 1020. The Hall–Kier alpha value is -2.84. The molecule has 148 valence electrons. The molecule has 0 saturated carbocycles. The lowest BCUT2D eigenvalue weighted by Crippen LogP contribution is -2.14. The zero-order chi connectivity index (χ0) is 20.0. The van der Waals surface area contributed by atoms with E-state index in [0.717, 1.165) is 11.1 Å². The van der Waals surface area contributed by atoms with Crippen molar-refractivity contribution in [2.45, 2.75) is 18.4 Å². The van der Waals surface area contributed by atoms with Crippen molar-refractivity contribution in [3.8, 4) is 5.75 Å². The Labute approximate surface area is 165 Å². The Morgan fingerprint density at radius 3 is 2.68 bits per heavy atom. The van der Waals surface area contributed by atoms with Crippen molar-refractivity contribution in [1.29, 1.82) is 0 Å². The second kappa shape index (κ2) is 8.90. The van der Waals surface area contributed by atoms with Gasteiger partial charge in [-0.3, -0.25) is 9.40 Å². The summed E-state index contributed by atoms with van der Waals surface area (Å²) in [4.78, 5) is 0.182. The highest BCUT2D eigenvalue weighted by atomic mass is 32.2. The van der Waals surface area contributed by atoms with Gasteiger partial charge in [0.15, 0.2) is 0 Å². The predicted molar refractivity (Wildman–Crippen MR) is 107 cm³/mol. The number of rotatable bonds is 9. The molecule has 0 bridgehead atoms. The maximum atomic E-state index is 12.8. The van der Waals surface area contributed by atoms with Crippen molar-refractivity contribution < 1.29 is 17.9 Å². The molecule has 0 radical (unpaired) electrons. The third-order valence-electron chi connectivity index (χ3n) is 4.08. The molecule has 3 rings (SSSR count). The van der Waals surface area contributed by atoms with E-state index >= 15 is 0 Å². The highest BCUT2D eigenvalue weighted by Gasteiger charge is 2.16. The molecule has 1 heterocycles. The Balaban J connectivity index is 1.73. The van der Waals surface area contributed by atoms with Crippen LogP contribution in [0.1, 0.15) is 11.1 Å². The quantitative estimate of drug-likeness (QED) is 0.557. The molecule has 1 aromatic heterocycles. The molecule has 7 nitrogen and oxygen atoms in total. The van der Waals surface area contributed by atoms with Crippen LogP contribution in [0.15, 0.2) is 65.8 Å². The molecule has 0 fully saturated rings. The van der Waals surface area contributed by atoms with Gasteiger partial charge in [0.2, 0.25) is 0 Å². The van der Waals surface area contributed by atoms with E-state index in [-0.39, 0.29) is 4.90 Å². The first-order chi connectivity index (χ1) is 13.5. The van der Waals surface area contributed by atoms with Crippen LogP contribution in [0, 0.1) is 6.92 Å². The largest absolute Gasteiger partial charge is 0.491 e. The topological polar surface area (TPSA) is 82.5 Å². The van der Waals surface area contributed by atoms with Crippen LogP contribution in [0.25, 0.3) is 0 Å². The van der Waals surface area contributed by atoms with E-state index in [2.05, 4.69) is 9.82 Å². The molecule has 8 heteroatoms. The number of hydrogen-bond acceptors (Lipinski definition) is 5. The van der Waals surface area contributed by atoms with Crippen molar-refractivity contribution in [2.75, 3.05) is 25.0 Å². The monoisotopic (exact) mass is 401 g/mol. The molecular formula is C20H23N3O4S. The van der Waals surface area contributed by atoms with E-state index in [0.29, 0.717) is 31.2 Å². The van der Waals surface area contributed by atoms with Gasteiger partial charge in [-0.1, -0.05) is 12.1 Å². The van der Waals surface area contributed by atoms with Gasteiger partial charge in [-0.05, 0) is 54.4 Å². The number of nitrogens with zero attached hydrogens (tertiary/aromatic N) is 2. The standard InChI is InChI=1S/C20H23N3O4S/c1-16-13-19(7-8-20(16)27-12-11-26-2)28(24,25)22-18-6-3-5-17(14-18)15-23-10-4-9-21-23/h3-10,13-14,22H,11-12,15H2,1-2H3. The van der Waals surface area contributed by atoms with E-state index in [1.165, 1.54) is 6.07 Å². The summed E-state index contributed by atoms with van der Waals surface area (Å²) in [6.45, 7) is 3.25. The molecule has 0 aliphatic heterocycles. The zero-order valence-electron chi connectivity index (χ0n) is 15.8. The molecule has 0 aliphatic rings. The molecule has 0 saturated heterocycles. The summed E-state index contributed by atoms with van der Waals surface area (Å²) in [5, 5.41) is 4.17. The van der Waals surface area contributed by atoms with Gasteiger partial charge in [-0.2, -0.15) is 5.10 Å². The van der Waals surface area contributed by atoms with Crippen LogP contribution in [0.2, 0.25) is 0 Å². The molecule has 3 aromatic rings. The number of benzene rings is 2. The Kier molecular flexibility index (Phi) is 6.33. The summed E-state index contributed by atoms with van der Waals surface area (Å²) in [7, 11) is -2.11. The smallest absolute Gasteiger partial charge is 0.261 e. The van der Waals surface area contributed by atoms with Gasteiger partial charge >= 0.3 is 0 Å². The normalized spacial score (nSPS) is 11.4. The minimum atomic E-state index is -3.71. The molecule has 0 amide bonds. The lowest BCUT2D eigenvalue weighted by molar-refractivity contribution is 0.146. The van der Waals surface area contributed by atoms with Gasteiger partial charge in [0, 0.05) is 25.2 Å². The number of anilines is 1. The van der Waals surface area contributed by atoms with Crippen molar-refractivity contribution in [2.24, 2.45) is 0 Å². The number of aromatic nitrogens is 2. The first kappa shape index (κ1) is 19.9. The summed E-state index contributed by atoms with van der Waals surface area (Å²) < 4.78 is 40.5. The first-order valence-electron chi connectivity index (χ1n) is 8.79. The van der Waals surface area contributed by atoms with Gasteiger partial charge in [0.25, 0.3) is 10.0 Å². The Morgan fingerprint density at radius 1 is 1.11 bits per heavy atom. The average molecular weight is 401 g/mol. The fraction of sp³-hybridized carbons (Fsp3) is 0.250. The fourth-order valence-corrected chi connectivity index (χ4v) is 3.85. The van der Waals surface area contributed by atoms with Gasteiger partial charge in [-0.25, -0.2) is 8.42 Å². The SMILES string of the molecule is COCCOc1ccc(S(=O)(=O)Nc2cccc(Cn3cccn3)c2)cc1C. The van der Waals surface area contributed by atoms with E-state index < -0.39 is 10.0 Å². The summed E-state index contributed by atoms with van der Waals surface area (Å²) in [6.07, 6.45) is 3.56. The molecule has 0 spiro atoms. The molecular weight excluding hydrogens is 378 g/mol. The van der Waals surface area contributed by atoms with Crippen LogP contribution in [0.4, 0.5) is 5.69 Å². The third kappa shape index (κ3) is 5.11. The highest BCUT2D eigenvalue weighted by molar-refractivity contribution is 7.92. The van der Waals surface area contributed by atoms with E-state index in [1.54, 1.807) is 42.3 Å². The average Bonchev–Trinajstić information content (AvgIpc) is 3.16. The highest BCUT2D eigenvalue weighted by Crippen LogP contribution is 2.24. The van der Waals surface area contributed by atoms with Crippen molar-refractivity contribution in [1.82, 2.24) is 9.78 Å². The lowest BCUT2D eigenvalue weighted by Gasteiger charge is -2.13. The summed E-state index contributed by atoms with van der Waals surface area (Å²) in [5.41, 5.74) is 2.19. The van der Waals surface area contributed by atoms with Gasteiger partial charge in [0.05, 0.1) is 18.0 Å². The number of aryl methyl sites for hydroxylation is 1. The van der Waals surface area contributed by atoms with Crippen LogP contribution < -0.4 is 9.46 Å². The number of ether oxygens (including phenoxy) is 2. The molecule has 2 aromatic carbocycles. The zero-order valence-corrected chi connectivity index (χ0v) is 16.6. The number of hydrogen-bond donors (Lipinski definition) is 1. The summed E-state index contributed by atoms with van der Waals surface area (Å²) in [5.74, 6) is 0.636. The van der Waals surface area contributed by atoms with Crippen LogP contribution in [-0.2, 0) is 21.3 Å². The van der Waals surface area contributed by atoms with Gasteiger partial charge < -0.3 is 9.47 Å². The third-order valence-corrected chi connectivity index (χ3v) is 5.46. The summed E-state index contributed by atoms with van der Waals surface area (Å²) in [6, 6.07) is 13.9. The van der Waals surface area contributed by atoms with Crippen molar-refractivity contribution in [3.63, 3.8) is 0 Å². The molecule has 0 atom stereocenters. The summed E-state index contributed by atoms with van der Waals surface area (Å²) >= 11 is 0. The van der Waals surface area contributed by atoms with Crippen LogP contribution in [0.3, 0.4) is 0 Å². The van der Waals surface area contributed by atoms with Gasteiger partial charge in [-0.15, -0.1) is 0 Å². The van der Waals surface area contributed by atoms with Crippen LogP contribution in [-0.4, -0.2) is 38.5 Å². The maximum Gasteiger partial charge on any atom is 0.261 e. The van der Waals surface area contributed by atoms with E-state index in [9.17, 15) is 8.42 Å². The van der Waals surface area contributed by atoms with Crippen LogP contribution >= 0.6 is 0 Å². The van der Waals surface area contributed by atoms with Crippen molar-refractivity contribution >= 4 is 15.7 Å². The predicted octanol–water partition coefficient (Wildman–Crippen LogP) is 3.07. The molecule has 1 N–H and O–H groups in total. The maximum absolute atomic E-state index is 12.8. The Morgan fingerprint density at radius 2 is 1.96 bits per heavy atom. The second-order valence-corrected chi connectivity index (χ2v) is 7.96. The number of methoxy groups -OCH3 is 1. The molecule has 0 aliphatic carbocycles. The van der Waals surface area contributed by atoms with E-state index in [4.69, 9.17) is 9.47 Å². The van der Waals surface area contributed by atoms with Crippen molar-refractivity contribution in [3.05, 3.63) is 72.1 Å². The lowest BCUT2D eigenvalue weighted by atomic mass is 10.2. The minimum absolute atomic E-state index is 0.182. The van der Waals surface area contributed by atoms with E-state index in [1.807, 2.05) is 31.3 Å². The first-order valence-corrected chi connectivity index (χ1v) is 10.3. The minimum Gasteiger partial charge on any atom is -0.491 e. The van der Waals surface area contributed by atoms with Crippen LogP contribution in [0.5, 0.6) is 5.75 Å².